The molecule has 8 N–H and O–H groups in total. The van der Waals surface area contributed by atoms with Crippen LogP contribution in [-0.2, 0) is 40.5 Å². The van der Waals surface area contributed by atoms with Crippen LogP contribution in [0.15, 0.2) is 36.9 Å². The van der Waals surface area contributed by atoms with Gasteiger partial charge in [0.1, 0.15) is 29.9 Å². The molecule has 25 heteroatoms. The number of phosphoric acid groups is 4. The summed E-state index contributed by atoms with van der Waals surface area (Å²) < 4.78 is 77.0. The minimum absolute atomic E-state index is 0.0596. The molecule has 3 heterocycles. The second-order valence-corrected chi connectivity index (χ2v) is 15.5. The van der Waals surface area contributed by atoms with Crippen LogP contribution >= 0.6 is 31.3 Å². The SMILES string of the molecule is CCCCNc1ccc(OP(=O)(O)OP(=O)(O)OP(=O)(O)OP(=O)(O)OC[C@H]2O[C@@H](n3cnc4c(N)ncnc43)C[C@H]2O)cc1. The molecule has 0 bridgehead atoms. The number of phosphoric ester groups is 2. The summed E-state index contributed by atoms with van der Waals surface area (Å²) in [6, 6.07) is 5.43. The molecule has 3 aromatic rings. The van der Waals surface area contributed by atoms with Crippen molar-refractivity contribution in [2.24, 2.45) is 0 Å². The summed E-state index contributed by atoms with van der Waals surface area (Å²) in [6.07, 6.45) is 0.869. The molecule has 0 radical (unpaired) electrons. The maximum atomic E-state index is 12.3. The van der Waals surface area contributed by atoms with Gasteiger partial charge in [-0.05, 0) is 30.7 Å². The van der Waals surface area contributed by atoms with Gasteiger partial charge in [0, 0.05) is 18.7 Å². The van der Waals surface area contributed by atoms with Crippen molar-refractivity contribution in [3.63, 3.8) is 0 Å². The van der Waals surface area contributed by atoms with Crippen molar-refractivity contribution in [3.8, 4) is 5.75 Å². The van der Waals surface area contributed by atoms with E-state index in [1.807, 2.05) is 6.92 Å². The molecule has 0 spiro atoms. The van der Waals surface area contributed by atoms with Gasteiger partial charge in [0.15, 0.2) is 11.5 Å². The zero-order valence-electron chi connectivity index (χ0n) is 23.2. The maximum Gasteiger partial charge on any atom is 0.536 e. The molecule has 4 unspecified atom stereocenters. The predicted molar refractivity (Wildman–Crippen MR) is 153 cm³/mol. The third-order valence-electron chi connectivity index (χ3n) is 5.86. The molecule has 0 saturated carbocycles. The van der Waals surface area contributed by atoms with Gasteiger partial charge in [-0.1, -0.05) is 13.3 Å². The van der Waals surface area contributed by atoms with E-state index in [-0.39, 0.29) is 29.2 Å². The highest BCUT2D eigenvalue weighted by atomic mass is 31.3. The highest BCUT2D eigenvalue weighted by Gasteiger charge is 2.47. The molecule has 1 aliphatic rings. The number of nitrogens with two attached hydrogens (primary N) is 1. The highest BCUT2D eigenvalue weighted by Crippen LogP contribution is 2.71. The average molecular weight is 718 g/mol. The first kappa shape index (κ1) is 35.5. The van der Waals surface area contributed by atoms with Gasteiger partial charge < -0.3 is 40.1 Å². The Kier molecular flexibility index (Phi) is 11.2. The van der Waals surface area contributed by atoms with E-state index in [9.17, 15) is 42.9 Å². The summed E-state index contributed by atoms with van der Waals surface area (Å²) in [5.74, 6) is -0.185. The molecule has 1 fully saturated rings. The zero-order valence-corrected chi connectivity index (χ0v) is 26.8. The van der Waals surface area contributed by atoms with Crippen LogP contribution in [0, 0.1) is 0 Å². The lowest BCUT2D eigenvalue weighted by Crippen LogP contribution is -2.26. The molecule has 2 aromatic heterocycles. The molecule has 0 aliphatic carbocycles. The van der Waals surface area contributed by atoms with Crippen LogP contribution in [0.2, 0.25) is 0 Å². The molecule has 45 heavy (non-hydrogen) atoms. The molecule has 1 saturated heterocycles. The minimum atomic E-state index is -6.00. The van der Waals surface area contributed by atoms with Crippen LogP contribution in [0.1, 0.15) is 32.4 Å². The third kappa shape index (κ3) is 10.1. The molecule has 4 rings (SSSR count). The van der Waals surface area contributed by atoms with Crippen LogP contribution in [-0.4, -0.2) is 69.6 Å². The predicted octanol–water partition coefficient (Wildman–Crippen LogP) is 2.82. The Hall–Kier alpha value is -2.31. The van der Waals surface area contributed by atoms with Gasteiger partial charge in [-0.15, -0.1) is 0 Å². The summed E-state index contributed by atoms with van der Waals surface area (Å²) in [5, 5.41) is 13.4. The number of ether oxygens (including phenoxy) is 1. The number of hydrogen-bond acceptors (Lipinski definition) is 16. The summed E-state index contributed by atoms with van der Waals surface area (Å²) in [7, 11) is -23.0. The summed E-state index contributed by atoms with van der Waals surface area (Å²) in [5.41, 5.74) is 6.94. The molecular weight excluding hydrogens is 688 g/mol. The number of aromatic nitrogens is 4. The van der Waals surface area contributed by atoms with Crippen LogP contribution in [0.5, 0.6) is 5.75 Å². The number of nitrogens with one attached hydrogen (secondary N) is 1. The summed E-state index contributed by atoms with van der Waals surface area (Å²) in [6.45, 7) is 1.80. The van der Waals surface area contributed by atoms with Crippen molar-refractivity contribution in [3.05, 3.63) is 36.9 Å². The average Bonchev–Trinajstić information content (AvgIpc) is 3.50. The summed E-state index contributed by atoms with van der Waals surface area (Å²) >= 11 is 0. The van der Waals surface area contributed by atoms with Gasteiger partial charge in [0.2, 0.25) is 0 Å². The fraction of sp³-hybridized carbons (Fsp3) is 0.450. The Morgan fingerprint density at radius 2 is 1.62 bits per heavy atom. The van der Waals surface area contributed by atoms with Crippen LogP contribution in [0.4, 0.5) is 11.5 Å². The first-order chi connectivity index (χ1) is 21.0. The number of anilines is 2. The fourth-order valence-electron chi connectivity index (χ4n) is 3.92. The van der Waals surface area contributed by atoms with Crippen LogP contribution < -0.4 is 15.6 Å². The Morgan fingerprint density at radius 3 is 2.29 bits per heavy atom. The lowest BCUT2D eigenvalue weighted by atomic mass is 10.2. The van der Waals surface area contributed by atoms with E-state index in [2.05, 4.69) is 42.2 Å². The number of aliphatic hydroxyl groups excluding tert-OH is 1. The second-order valence-electron chi connectivity index (χ2n) is 9.33. The lowest BCUT2D eigenvalue weighted by molar-refractivity contribution is -0.0423. The maximum absolute atomic E-state index is 12.3. The normalized spacial score (nSPS) is 23.9. The third-order valence-corrected chi connectivity index (χ3v) is 11.7. The fourth-order valence-corrected chi connectivity index (χ4v) is 8.87. The molecule has 1 aromatic carbocycles. The van der Waals surface area contributed by atoms with Crippen LogP contribution in [0.25, 0.3) is 11.2 Å². The van der Waals surface area contributed by atoms with Gasteiger partial charge >= 0.3 is 31.3 Å². The quantitative estimate of drug-likeness (QED) is 0.0827. The standard InChI is InChI=1S/C20H30N6O15P4/c1-2-3-8-22-13-4-6-14(7-5-13)38-43(30,31)40-45(34,35)41-44(32,33)39-42(28,29)36-10-16-15(27)9-17(37-16)26-12-25-18-19(21)23-11-24-20(18)26/h4-7,11-12,15-17,22,27H,2-3,8-10H2,1H3,(H,28,29)(H,30,31)(H,32,33)(H,34,35)(H2,21,23,24)/t15-,16-,17-/m1/s1. The second kappa shape index (κ2) is 14.2. The van der Waals surface area contributed by atoms with Gasteiger partial charge in [-0.2, -0.15) is 12.9 Å². The number of imidazole rings is 1. The van der Waals surface area contributed by atoms with Crippen LogP contribution in [0.3, 0.4) is 0 Å². The topological polar surface area (TPSA) is 306 Å². The Labute approximate surface area is 254 Å². The van der Waals surface area contributed by atoms with E-state index in [4.69, 9.17) is 10.5 Å². The molecule has 1 aliphatic heterocycles. The lowest BCUT2D eigenvalue weighted by Gasteiger charge is -2.21. The Morgan fingerprint density at radius 1 is 0.978 bits per heavy atom. The van der Waals surface area contributed by atoms with Gasteiger partial charge in [-0.25, -0.2) is 33.2 Å². The molecular formula is C20H30N6O15P4. The zero-order chi connectivity index (χ0) is 33.0. The van der Waals surface area contributed by atoms with E-state index in [0.717, 1.165) is 12.8 Å². The molecule has 250 valence electrons. The smallest absolute Gasteiger partial charge is 0.404 e. The van der Waals surface area contributed by atoms with Crippen molar-refractivity contribution >= 4 is 54.0 Å². The van der Waals surface area contributed by atoms with Crippen molar-refractivity contribution in [1.82, 2.24) is 19.5 Å². The van der Waals surface area contributed by atoms with Crippen molar-refractivity contribution in [2.75, 3.05) is 24.2 Å². The number of rotatable bonds is 16. The highest BCUT2D eigenvalue weighted by molar-refractivity contribution is 7.69. The van der Waals surface area contributed by atoms with E-state index in [1.54, 1.807) is 0 Å². The first-order valence-electron chi connectivity index (χ1n) is 12.9. The molecule has 21 nitrogen and oxygen atoms in total. The van der Waals surface area contributed by atoms with E-state index in [1.165, 1.54) is 41.5 Å². The number of nitrogen functional groups attached to an aromatic ring is 1. The number of aliphatic hydroxyl groups is 1. The monoisotopic (exact) mass is 718 g/mol. The van der Waals surface area contributed by atoms with Gasteiger partial charge in [0.25, 0.3) is 0 Å². The van der Waals surface area contributed by atoms with Gasteiger partial charge in [0.05, 0.1) is 19.0 Å². The molecule has 7 atom stereocenters. The van der Waals surface area contributed by atoms with E-state index >= 15 is 0 Å². The van der Waals surface area contributed by atoms with Crippen molar-refractivity contribution < 1.29 is 69.7 Å². The number of hydrogen-bond donors (Lipinski definition) is 7. The number of fused-ring (bicyclic) bond motifs is 1. The van der Waals surface area contributed by atoms with Gasteiger partial charge in [-0.3, -0.25) is 14.0 Å². The van der Waals surface area contributed by atoms with Crippen molar-refractivity contribution in [1.29, 1.82) is 0 Å². The van der Waals surface area contributed by atoms with E-state index < -0.39 is 56.3 Å². The Balaban J connectivity index is 1.29. The van der Waals surface area contributed by atoms with E-state index in [0.29, 0.717) is 12.2 Å². The largest absolute Gasteiger partial charge is 0.536 e. The minimum Gasteiger partial charge on any atom is -0.404 e. The van der Waals surface area contributed by atoms with Crippen molar-refractivity contribution in [2.45, 2.75) is 44.6 Å². The molecule has 0 amide bonds. The first-order valence-corrected chi connectivity index (χ1v) is 18.9. The number of nitrogens with zero attached hydrogens (tertiary/aromatic N) is 4. The summed E-state index contributed by atoms with van der Waals surface area (Å²) in [4.78, 5) is 51.2. The Bertz CT molecular complexity index is 1680. The number of benzene rings is 1. The number of unbranched alkanes of at least 4 members (excludes halogenated alkanes) is 1.